The number of carbonyl (C=O) groups excluding carboxylic acids is 1. The molecule has 0 aromatic heterocycles. The lowest BCUT2D eigenvalue weighted by Crippen LogP contribution is -2.42. The summed E-state index contributed by atoms with van der Waals surface area (Å²) >= 11 is 0. The number of benzene rings is 2. The summed E-state index contributed by atoms with van der Waals surface area (Å²) in [6, 6.07) is 15.5. The number of Topliss-reactive ketones (excluding diaryl/α,β-unsaturated/α-hetero) is 1. The average Bonchev–Trinajstić information content (AvgIpc) is 2.70. The monoisotopic (exact) mass is 368 g/mol. The molecule has 0 amide bonds. The van der Waals surface area contributed by atoms with E-state index in [-0.39, 0.29) is 11.5 Å². The predicted molar refractivity (Wildman–Crippen MR) is 103 cm³/mol. The Morgan fingerprint density at radius 3 is 2.30 bits per heavy atom. The van der Waals surface area contributed by atoms with Crippen molar-refractivity contribution in [1.82, 2.24) is 4.90 Å². The fourth-order valence-electron chi connectivity index (χ4n) is 3.56. The van der Waals surface area contributed by atoms with E-state index in [0.29, 0.717) is 19.3 Å². The van der Waals surface area contributed by atoms with Gasteiger partial charge in [0, 0.05) is 37.2 Å². The minimum absolute atomic E-state index is 0.0304. The van der Waals surface area contributed by atoms with Crippen LogP contribution in [0.25, 0.3) is 0 Å². The molecule has 1 N–H and O–H groups in total. The molecule has 0 aliphatic carbocycles. The summed E-state index contributed by atoms with van der Waals surface area (Å²) in [5.41, 5.74) is 0.574. The van der Waals surface area contributed by atoms with Crippen molar-refractivity contribution >= 4 is 11.5 Å². The van der Waals surface area contributed by atoms with Crippen molar-refractivity contribution < 1.29 is 14.8 Å². The molecule has 0 atom stereocenters. The summed E-state index contributed by atoms with van der Waals surface area (Å²) in [5, 5.41) is 21.7. The number of non-ortho nitro benzene ring substituents is 1. The molecule has 27 heavy (non-hydrogen) atoms. The molecule has 6 nitrogen and oxygen atoms in total. The van der Waals surface area contributed by atoms with Gasteiger partial charge >= 0.3 is 0 Å². The largest absolute Gasteiger partial charge is 0.385 e. The molecule has 0 bridgehead atoms. The topological polar surface area (TPSA) is 83.7 Å². The fraction of sp³-hybridized carbons (Fsp3) is 0.381. The van der Waals surface area contributed by atoms with Crippen LogP contribution in [-0.4, -0.2) is 40.3 Å². The van der Waals surface area contributed by atoms with Crippen LogP contribution in [0.1, 0.15) is 41.6 Å². The van der Waals surface area contributed by atoms with E-state index in [9.17, 15) is 20.0 Å². The van der Waals surface area contributed by atoms with Crippen LogP contribution in [0.3, 0.4) is 0 Å². The molecule has 1 saturated heterocycles. The van der Waals surface area contributed by atoms with E-state index < -0.39 is 10.5 Å². The highest BCUT2D eigenvalue weighted by Gasteiger charge is 2.34. The zero-order valence-corrected chi connectivity index (χ0v) is 15.2. The molecule has 0 unspecified atom stereocenters. The van der Waals surface area contributed by atoms with Crippen LogP contribution in [0.4, 0.5) is 5.69 Å². The molecule has 6 heteroatoms. The average molecular weight is 368 g/mol. The molecule has 1 aliphatic rings. The molecular weight excluding hydrogens is 344 g/mol. The Morgan fingerprint density at radius 1 is 1.07 bits per heavy atom. The van der Waals surface area contributed by atoms with Crippen LogP contribution in [0.15, 0.2) is 54.6 Å². The number of nitro groups is 1. The summed E-state index contributed by atoms with van der Waals surface area (Å²) < 4.78 is 0. The number of carbonyl (C=O) groups is 1. The van der Waals surface area contributed by atoms with E-state index >= 15 is 0 Å². The maximum Gasteiger partial charge on any atom is 0.269 e. The van der Waals surface area contributed by atoms with Crippen molar-refractivity contribution in [2.75, 3.05) is 19.6 Å². The van der Waals surface area contributed by atoms with Gasteiger partial charge in [-0.05, 0) is 43.5 Å². The third-order valence-electron chi connectivity index (χ3n) is 5.27. The Hall–Kier alpha value is -2.57. The zero-order chi connectivity index (χ0) is 19.3. The molecule has 142 valence electrons. The molecule has 2 aromatic rings. The van der Waals surface area contributed by atoms with E-state index in [2.05, 4.69) is 4.90 Å². The first-order valence-corrected chi connectivity index (χ1v) is 9.26. The molecule has 0 saturated carbocycles. The maximum absolute atomic E-state index is 12.1. The first-order chi connectivity index (χ1) is 13.0. The van der Waals surface area contributed by atoms with E-state index in [4.69, 9.17) is 0 Å². The molecule has 3 rings (SSSR count). The minimum Gasteiger partial charge on any atom is -0.385 e. The number of hydrogen-bond acceptors (Lipinski definition) is 5. The van der Waals surface area contributed by atoms with E-state index in [1.54, 1.807) is 12.1 Å². The Balaban J connectivity index is 1.47. The van der Waals surface area contributed by atoms with Crippen molar-refractivity contribution in [2.24, 2.45) is 0 Å². The third kappa shape index (κ3) is 4.78. The first kappa shape index (κ1) is 19.2. The van der Waals surface area contributed by atoms with Gasteiger partial charge in [-0.2, -0.15) is 0 Å². The van der Waals surface area contributed by atoms with E-state index in [1.165, 1.54) is 12.1 Å². The second kappa shape index (κ2) is 8.41. The first-order valence-electron chi connectivity index (χ1n) is 9.26. The number of hydrogen-bond donors (Lipinski definition) is 1. The lowest BCUT2D eigenvalue weighted by Gasteiger charge is -2.38. The fourth-order valence-corrected chi connectivity index (χ4v) is 3.56. The van der Waals surface area contributed by atoms with Crippen LogP contribution >= 0.6 is 0 Å². The Bertz CT molecular complexity index is 782. The molecular formula is C21H24N2O4. The van der Waals surface area contributed by atoms with Gasteiger partial charge in [-0.25, -0.2) is 0 Å². The summed E-state index contributed by atoms with van der Waals surface area (Å²) in [4.78, 5) is 24.7. The van der Waals surface area contributed by atoms with Crippen molar-refractivity contribution in [3.63, 3.8) is 0 Å². The second-order valence-corrected chi connectivity index (χ2v) is 7.07. The van der Waals surface area contributed by atoms with Gasteiger partial charge in [0.1, 0.15) is 0 Å². The van der Waals surface area contributed by atoms with Gasteiger partial charge in [-0.1, -0.05) is 30.3 Å². The molecule has 1 aliphatic heterocycles. The molecule has 1 fully saturated rings. The smallest absolute Gasteiger partial charge is 0.269 e. The van der Waals surface area contributed by atoms with Crippen LogP contribution in [0.2, 0.25) is 0 Å². The number of aliphatic hydroxyl groups is 1. The summed E-state index contributed by atoms with van der Waals surface area (Å²) in [6.45, 7) is 2.31. The number of nitro benzene ring substituents is 1. The number of piperidine rings is 1. The van der Waals surface area contributed by atoms with Gasteiger partial charge in [0.15, 0.2) is 5.78 Å². The lowest BCUT2D eigenvalue weighted by molar-refractivity contribution is -0.384. The van der Waals surface area contributed by atoms with Gasteiger partial charge in [0.2, 0.25) is 0 Å². The summed E-state index contributed by atoms with van der Waals surface area (Å²) in [6.07, 6.45) is 2.48. The zero-order valence-electron chi connectivity index (χ0n) is 15.2. The Morgan fingerprint density at radius 2 is 1.70 bits per heavy atom. The van der Waals surface area contributed by atoms with E-state index in [1.807, 2.05) is 30.3 Å². The summed E-state index contributed by atoms with van der Waals surface area (Å²) in [5.74, 6) is 0.162. The van der Waals surface area contributed by atoms with E-state index in [0.717, 1.165) is 37.2 Å². The Kier molecular flexibility index (Phi) is 5.98. The van der Waals surface area contributed by atoms with Crippen molar-refractivity contribution in [2.45, 2.75) is 31.3 Å². The number of rotatable bonds is 7. The molecule has 1 heterocycles. The van der Waals surface area contributed by atoms with Gasteiger partial charge < -0.3 is 10.0 Å². The highest BCUT2D eigenvalue weighted by molar-refractivity contribution is 5.95. The highest BCUT2D eigenvalue weighted by atomic mass is 16.6. The van der Waals surface area contributed by atoms with Crippen LogP contribution in [0.5, 0.6) is 0 Å². The minimum atomic E-state index is -0.939. The SMILES string of the molecule is O=C(CCCN1CCC(O)(c2ccc([N+](=O)[O-])cc2)CC1)c1ccccc1. The quantitative estimate of drug-likeness (QED) is 0.459. The molecule has 0 spiro atoms. The number of nitrogens with zero attached hydrogens (tertiary/aromatic N) is 2. The van der Waals surface area contributed by atoms with Gasteiger partial charge in [0.25, 0.3) is 5.69 Å². The normalized spacial score (nSPS) is 16.8. The van der Waals surface area contributed by atoms with Crippen LogP contribution in [0, 0.1) is 10.1 Å². The lowest BCUT2D eigenvalue weighted by atomic mass is 9.84. The van der Waals surface area contributed by atoms with Crippen LogP contribution in [-0.2, 0) is 5.60 Å². The predicted octanol–water partition coefficient (Wildman–Crippen LogP) is 3.54. The number of likely N-dealkylation sites (tertiary alicyclic amines) is 1. The molecule has 2 aromatic carbocycles. The van der Waals surface area contributed by atoms with Crippen molar-refractivity contribution in [3.05, 3.63) is 75.8 Å². The number of ketones is 1. The van der Waals surface area contributed by atoms with Crippen molar-refractivity contribution in [1.29, 1.82) is 0 Å². The Labute approximate surface area is 158 Å². The highest BCUT2D eigenvalue weighted by Crippen LogP contribution is 2.33. The molecule has 0 radical (unpaired) electrons. The maximum atomic E-state index is 12.1. The summed E-state index contributed by atoms with van der Waals surface area (Å²) in [7, 11) is 0. The third-order valence-corrected chi connectivity index (χ3v) is 5.27. The van der Waals surface area contributed by atoms with Crippen molar-refractivity contribution in [3.8, 4) is 0 Å². The van der Waals surface area contributed by atoms with Gasteiger partial charge in [-0.15, -0.1) is 0 Å². The second-order valence-electron chi connectivity index (χ2n) is 7.07. The van der Waals surface area contributed by atoms with Gasteiger partial charge in [-0.3, -0.25) is 14.9 Å². The van der Waals surface area contributed by atoms with Crippen LogP contribution < -0.4 is 0 Å². The van der Waals surface area contributed by atoms with Gasteiger partial charge in [0.05, 0.1) is 10.5 Å². The standard InChI is InChI=1S/C21H24N2O4/c24-20(17-5-2-1-3-6-17)7-4-14-22-15-12-21(25,13-16-22)18-8-10-19(11-9-18)23(26)27/h1-3,5-6,8-11,25H,4,7,12-16H2.